The monoisotopic (exact) mass is 360 g/mol. The second-order valence-electron chi connectivity index (χ2n) is 6.38. The molecule has 0 heterocycles. The topological polar surface area (TPSA) is 64.4 Å². The lowest BCUT2D eigenvalue weighted by atomic mass is 9.96. The van der Waals surface area contributed by atoms with Crippen LogP contribution in [0.15, 0.2) is 48.5 Å². The number of hydrogen-bond acceptors (Lipinski definition) is 3. The summed E-state index contributed by atoms with van der Waals surface area (Å²) in [5, 5.41) is 2.92. The van der Waals surface area contributed by atoms with Gasteiger partial charge in [0, 0.05) is 12.1 Å². The summed E-state index contributed by atoms with van der Waals surface area (Å²) in [7, 11) is 0. The van der Waals surface area contributed by atoms with Crippen molar-refractivity contribution in [2.75, 3.05) is 0 Å². The molecule has 0 aliphatic heterocycles. The Kier molecular flexibility index (Phi) is 6.85. The first-order chi connectivity index (χ1) is 11.6. The van der Waals surface area contributed by atoms with Crippen LogP contribution >= 0.6 is 12.4 Å². The minimum atomic E-state index is -0.662. The number of benzene rings is 2. The molecule has 0 radical (unpaired) electrons. The number of amides is 1. The van der Waals surface area contributed by atoms with Gasteiger partial charge in [0.2, 0.25) is 5.91 Å². The van der Waals surface area contributed by atoms with Crippen LogP contribution in [0.3, 0.4) is 0 Å². The van der Waals surface area contributed by atoms with E-state index >= 15 is 0 Å². The molecule has 2 aromatic carbocycles. The maximum atomic E-state index is 12.3. The molecule has 2 aromatic rings. The predicted octanol–water partition coefficient (Wildman–Crippen LogP) is 3.66. The zero-order chi connectivity index (χ0) is 16.9. The molecule has 1 fully saturated rings. The smallest absolute Gasteiger partial charge is 0.241 e. The second kappa shape index (κ2) is 8.88. The minimum absolute atomic E-state index is 0. The molecule has 0 spiro atoms. The Labute approximate surface area is 155 Å². The zero-order valence-corrected chi connectivity index (χ0v) is 15.2. The van der Waals surface area contributed by atoms with Crippen LogP contribution in [0, 0.1) is 6.92 Å². The van der Waals surface area contributed by atoms with Gasteiger partial charge in [-0.15, -0.1) is 12.4 Å². The first kappa shape index (κ1) is 19.3. The summed E-state index contributed by atoms with van der Waals surface area (Å²) in [5.74, 6) is 0.670. The third-order valence-corrected chi connectivity index (χ3v) is 4.49. The van der Waals surface area contributed by atoms with E-state index in [0.717, 1.165) is 35.3 Å². The van der Waals surface area contributed by atoms with Gasteiger partial charge in [0.25, 0.3) is 0 Å². The van der Waals surface area contributed by atoms with Gasteiger partial charge in [-0.2, -0.15) is 0 Å². The standard InChI is InChI=1S/C20H24N2O2.ClH/c1-14-9-11-15(12-10-14)19(21)20(23)22-13-16-5-2-3-8-18(16)24-17-6-4-7-17;/h2-3,5,8-12,17,19H,4,6-7,13,21H2,1H3,(H,22,23);1H. The number of halogens is 1. The van der Waals surface area contributed by atoms with E-state index in [-0.39, 0.29) is 18.3 Å². The highest BCUT2D eigenvalue weighted by Gasteiger charge is 2.21. The van der Waals surface area contributed by atoms with Gasteiger partial charge in [0.1, 0.15) is 11.8 Å². The molecule has 3 N–H and O–H groups in total. The number of rotatable bonds is 6. The van der Waals surface area contributed by atoms with Crippen LogP contribution in [0.1, 0.15) is 42.0 Å². The van der Waals surface area contributed by atoms with Crippen molar-refractivity contribution in [3.8, 4) is 5.75 Å². The van der Waals surface area contributed by atoms with Gasteiger partial charge < -0.3 is 15.8 Å². The van der Waals surface area contributed by atoms with Gasteiger partial charge in [-0.25, -0.2) is 0 Å². The lowest BCUT2D eigenvalue weighted by molar-refractivity contribution is -0.122. The van der Waals surface area contributed by atoms with E-state index in [1.54, 1.807) is 0 Å². The first-order valence-corrected chi connectivity index (χ1v) is 8.48. The molecule has 25 heavy (non-hydrogen) atoms. The van der Waals surface area contributed by atoms with Crippen LogP contribution in [0.2, 0.25) is 0 Å². The van der Waals surface area contributed by atoms with Crippen molar-refractivity contribution in [2.24, 2.45) is 5.73 Å². The third-order valence-electron chi connectivity index (χ3n) is 4.49. The molecule has 1 unspecified atom stereocenters. The van der Waals surface area contributed by atoms with E-state index < -0.39 is 6.04 Å². The van der Waals surface area contributed by atoms with E-state index in [4.69, 9.17) is 10.5 Å². The number of nitrogens with two attached hydrogens (primary N) is 1. The average Bonchev–Trinajstić information content (AvgIpc) is 2.57. The van der Waals surface area contributed by atoms with Crippen molar-refractivity contribution in [2.45, 2.75) is 44.9 Å². The van der Waals surface area contributed by atoms with Crippen LogP contribution in [-0.2, 0) is 11.3 Å². The number of hydrogen-bond donors (Lipinski definition) is 2. The number of para-hydroxylation sites is 1. The summed E-state index contributed by atoms with van der Waals surface area (Å²) >= 11 is 0. The van der Waals surface area contributed by atoms with E-state index in [1.807, 2.05) is 55.5 Å². The van der Waals surface area contributed by atoms with Crippen LogP contribution in [0.4, 0.5) is 0 Å². The molecule has 134 valence electrons. The summed E-state index contributed by atoms with van der Waals surface area (Å²) in [6.45, 7) is 2.43. The van der Waals surface area contributed by atoms with Crippen molar-refractivity contribution >= 4 is 18.3 Å². The molecule has 4 nitrogen and oxygen atoms in total. The van der Waals surface area contributed by atoms with Gasteiger partial charge in [-0.05, 0) is 37.8 Å². The number of nitrogens with one attached hydrogen (secondary N) is 1. The first-order valence-electron chi connectivity index (χ1n) is 8.48. The Balaban J connectivity index is 0.00000225. The second-order valence-corrected chi connectivity index (χ2v) is 6.38. The van der Waals surface area contributed by atoms with Crippen LogP contribution < -0.4 is 15.8 Å². The SMILES string of the molecule is Cc1ccc(C(N)C(=O)NCc2ccccc2OC2CCC2)cc1.Cl. The van der Waals surface area contributed by atoms with Gasteiger partial charge in [-0.1, -0.05) is 48.0 Å². The van der Waals surface area contributed by atoms with Crippen LogP contribution in [0.5, 0.6) is 5.75 Å². The molecule has 0 bridgehead atoms. The predicted molar refractivity (Wildman–Crippen MR) is 102 cm³/mol. The van der Waals surface area contributed by atoms with Crippen LogP contribution in [0.25, 0.3) is 0 Å². The number of aryl methyl sites for hydroxylation is 1. The lowest BCUT2D eigenvalue weighted by Gasteiger charge is -2.27. The molecule has 0 aromatic heterocycles. The van der Waals surface area contributed by atoms with Gasteiger partial charge in [-0.3, -0.25) is 4.79 Å². The van der Waals surface area contributed by atoms with Crippen molar-refractivity contribution < 1.29 is 9.53 Å². The Morgan fingerprint density at radius 2 is 1.88 bits per heavy atom. The molecule has 5 heteroatoms. The average molecular weight is 361 g/mol. The molecular weight excluding hydrogens is 336 g/mol. The quantitative estimate of drug-likeness (QED) is 0.826. The van der Waals surface area contributed by atoms with Crippen molar-refractivity contribution in [3.05, 3.63) is 65.2 Å². The summed E-state index contributed by atoms with van der Waals surface area (Å²) in [6.07, 6.45) is 3.77. The summed E-state index contributed by atoms with van der Waals surface area (Å²) in [4.78, 5) is 12.3. The molecule has 1 saturated carbocycles. The van der Waals surface area contributed by atoms with Crippen molar-refractivity contribution in [3.63, 3.8) is 0 Å². The third kappa shape index (κ3) is 4.97. The van der Waals surface area contributed by atoms with Gasteiger partial charge in [0.15, 0.2) is 0 Å². The largest absolute Gasteiger partial charge is 0.490 e. The normalized spacial score (nSPS) is 14.8. The summed E-state index contributed by atoms with van der Waals surface area (Å²) in [6, 6.07) is 14.9. The van der Waals surface area contributed by atoms with E-state index in [2.05, 4.69) is 5.32 Å². The molecule has 1 atom stereocenters. The Morgan fingerprint density at radius 3 is 2.52 bits per heavy atom. The number of carbonyl (C=O) groups excluding carboxylic acids is 1. The minimum Gasteiger partial charge on any atom is -0.490 e. The van der Waals surface area contributed by atoms with Gasteiger partial charge >= 0.3 is 0 Å². The fraction of sp³-hybridized carbons (Fsp3) is 0.350. The molecular formula is C20H25ClN2O2. The zero-order valence-electron chi connectivity index (χ0n) is 14.4. The molecule has 1 amide bonds. The highest BCUT2D eigenvalue weighted by Crippen LogP contribution is 2.27. The van der Waals surface area contributed by atoms with E-state index in [1.165, 1.54) is 6.42 Å². The van der Waals surface area contributed by atoms with Crippen molar-refractivity contribution in [1.29, 1.82) is 0 Å². The summed E-state index contributed by atoms with van der Waals surface area (Å²) < 4.78 is 5.99. The molecule has 1 aliphatic rings. The highest BCUT2D eigenvalue weighted by molar-refractivity contribution is 5.85. The van der Waals surface area contributed by atoms with Crippen molar-refractivity contribution in [1.82, 2.24) is 5.32 Å². The number of carbonyl (C=O) groups is 1. The van der Waals surface area contributed by atoms with E-state index in [0.29, 0.717) is 12.6 Å². The Bertz CT molecular complexity index is 699. The Hall–Kier alpha value is -2.04. The molecule has 3 rings (SSSR count). The van der Waals surface area contributed by atoms with Crippen LogP contribution in [-0.4, -0.2) is 12.0 Å². The fourth-order valence-electron chi connectivity index (χ4n) is 2.65. The van der Waals surface area contributed by atoms with Gasteiger partial charge in [0.05, 0.1) is 6.10 Å². The fourth-order valence-corrected chi connectivity index (χ4v) is 2.65. The number of ether oxygens (including phenoxy) is 1. The maximum absolute atomic E-state index is 12.3. The maximum Gasteiger partial charge on any atom is 0.241 e. The van der Waals surface area contributed by atoms with E-state index in [9.17, 15) is 4.79 Å². The lowest BCUT2D eigenvalue weighted by Crippen LogP contribution is -2.34. The summed E-state index contributed by atoms with van der Waals surface area (Å²) in [5.41, 5.74) is 9.00. The molecule has 1 aliphatic carbocycles. The molecule has 0 saturated heterocycles. The Morgan fingerprint density at radius 1 is 1.20 bits per heavy atom. The highest BCUT2D eigenvalue weighted by atomic mass is 35.5.